The molecule has 0 heterocycles. The maximum absolute atomic E-state index is 12.0. The highest BCUT2D eigenvalue weighted by Gasteiger charge is 2.24. The Hall–Kier alpha value is -1.06. The standard InChI is InChI=1S/C14H18ClNO2/c15-13(10-5-2-1-3-6-10)14(18)16-11-7-4-8-12(17)9-11/h1-3,5-6,11-13,17H,4,7-9H2,(H,16,18). The molecule has 98 valence electrons. The first-order chi connectivity index (χ1) is 8.66. The van der Waals surface area contributed by atoms with Crippen molar-refractivity contribution in [2.45, 2.75) is 43.2 Å². The smallest absolute Gasteiger partial charge is 0.242 e. The van der Waals surface area contributed by atoms with E-state index in [0.717, 1.165) is 24.8 Å². The number of alkyl halides is 1. The van der Waals surface area contributed by atoms with Gasteiger partial charge in [0, 0.05) is 6.04 Å². The van der Waals surface area contributed by atoms with E-state index < -0.39 is 5.38 Å². The minimum atomic E-state index is -0.662. The number of aliphatic hydroxyl groups is 1. The first kappa shape index (κ1) is 13.4. The third-order valence-electron chi connectivity index (χ3n) is 3.32. The lowest BCUT2D eigenvalue weighted by Crippen LogP contribution is -2.41. The molecular weight excluding hydrogens is 250 g/mol. The Bertz CT molecular complexity index is 396. The van der Waals surface area contributed by atoms with Gasteiger partial charge in [0.1, 0.15) is 5.38 Å². The van der Waals surface area contributed by atoms with Crippen molar-refractivity contribution in [3.8, 4) is 0 Å². The van der Waals surface area contributed by atoms with Crippen LogP contribution in [0.15, 0.2) is 30.3 Å². The number of amides is 1. The zero-order chi connectivity index (χ0) is 13.0. The Balaban J connectivity index is 1.91. The number of carbonyl (C=O) groups excluding carboxylic acids is 1. The van der Waals surface area contributed by atoms with E-state index in [2.05, 4.69) is 5.32 Å². The van der Waals surface area contributed by atoms with E-state index in [1.165, 1.54) is 0 Å². The van der Waals surface area contributed by atoms with Gasteiger partial charge in [0.25, 0.3) is 0 Å². The Kier molecular flexibility index (Phi) is 4.61. The van der Waals surface area contributed by atoms with Gasteiger partial charge in [0.2, 0.25) is 5.91 Å². The molecule has 3 unspecified atom stereocenters. The molecule has 0 bridgehead atoms. The summed E-state index contributed by atoms with van der Waals surface area (Å²) < 4.78 is 0. The van der Waals surface area contributed by atoms with Crippen molar-refractivity contribution in [1.82, 2.24) is 5.32 Å². The molecule has 1 aliphatic rings. The Labute approximate surface area is 112 Å². The molecule has 3 atom stereocenters. The van der Waals surface area contributed by atoms with Crippen molar-refractivity contribution in [2.75, 3.05) is 0 Å². The molecule has 0 aliphatic heterocycles. The van der Waals surface area contributed by atoms with E-state index in [4.69, 9.17) is 11.6 Å². The summed E-state index contributed by atoms with van der Waals surface area (Å²) in [5.74, 6) is -0.179. The molecule has 3 nitrogen and oxygen atoms in total. The Morgan fingerprint density at radius 2 is 2.06 bits per heavy atom. The molecule has 1 aliphatic carbocycles. The van der Waals surface area contributed by atoms with E-state index >= 15 is 0 Å². The van der Waals surface area contributed by atoms with Gasteiger partial charge in [-0.05, 0) is 31.2 Å². The monoisotopic (exact) mass is 267 g/mol. The van der Waals surface area contributed by atoms with E-state index in [0.29, 0.717) is 6.42 Å². The maximum Gasteiger partial charge on any atom is 0.242 e. The van der Waals surface area contributed by atoms with Gasteiger partial charge in [-0.1, -0.05) is 30.3 Å². The average Bonchev–Trinajstić information content (AvgIpc) is 2.39. The lowest BCUT2D eigenvalue weighted by molar-refractivity contribution is -0.122. The molecule has 18 heavy (non-hydrogen) atoms. The highest BCUT2D eigenvalue weighted by Crippen LogP contribution is 2.23. The van der Waals surface area contributed by atoms with Gasteiger partial charge in [-0.25, -0.2) is 0 Å². The first-order valence-electron chi connectivity index (χ1n) is 6.34. The van der Waals surface area contributed by atoms with Crippen molar-refractivity contribution < 1.29 is 9.90 Å². The summed E-state index contributed by atoms with van der Waals surface area (Å²) in [6.45, 7) is 0. The number of rotatable bonds is 3. The molecule has 0 saturated heterocycles. The third-order valence-corrected chi connectivity index (χ3v) is 3.77. The van der Waals surface area contributed by atoms with Crippen LogP contribution in [0.4, 0.5) is 0 Å². The normalized spacial score (nSPS) is 25.4. The molecule has 0 spiro atoms. The second-order valence-corrected chi connectivity index (χ2v) is 5.24. The summed E-state index contributed by atoms with van der Waals surface area (Å²) in [7, 11) is 0. The number of nitrogens with one attached hydrogen (secondary N) is 1. The molecule has 1 aromatic rings. The van der Waals surface area contributed by atoms with E-state index in [-0.39, 0.29) is 18.1 Å². The van der Waals surface area contributed by atoms with Crippen LogP contribution in [-0.2, 0) is 4.79 Å². The average molecular weight is 268 g/mol. The second-order valence-electron chi connectivity index (χ2n) is 4.80. The van der Waals surface area contributed by atoms with Gasteiger partial charge in [0.15, 0.2) is 0 Å². The van der Waals surface area contributed by atoms with Gasteiger partial charge < -0.3 is 10.4 Å². The van der Waals surface area contributed by atoms with E-state index in [1.807, 2.05) is 30.3 Å². The number of hydrogen-bond acceptors (Lipinski definition) is 2. The van der Waals surface area contributed by atoms with Crippen LogP contribution in [-0.4, -0.2) is 23.2 Å². The van der Waals surface area contributed by atoms with Crippen molar-refractivity contribution >= 4 is 17.5 Å². The highest BCUT2D eigenvalue weighted by atomic mass is 35.5. The molecule has 0 aromatic heterocycles. The molecule has 1 amide bonds. The van der Waals surface area contributed by atoms with Crippen molar-refractivity contribution in [3.05, 3.63) is 35.9 Å². The molecule has 0 radical (unpaired) electrons. The lowest BCUT2D eigenvalue weighted by Gasteiger charge is -2.27. The summed E-state index contributed by atoms with van der Waals surface area (Å²) in [5.41, 5.74) is 0.799. The van der Waals surface area contributed by atoms with Gasteiger partial charge in [-0.2, -0.15) is 0 Å². The fraction of sp³-hybridized carbons (Fsp3) is 0.500. The largest absolute Gasteiger partial charge is 0.393 e. The molecule has 1 saturated carbocycles. The van der Waals surface area contributed by atoms with Crippen LogP contribution < -0.4 is 5.32 Å². The van der Waals surface area contributed by atoms with Gasteiger partial charge in [-0.15, -0.1) is 11.6 Å². The predicted octanol–water partition coefficient (Wildman–Crippen LogP) is 2.39. The molecular formula is C14H18ClNO2. The van der Waals surface area contributed by atoms with Gasteiger partial charge in [0.05, 0.1) is 6.10 Å². The van der Waals surface area contributed by atoms with Crippen LogP contribution in [0.1, 0.15) is 36.6 Å². The summed E-state index contributed by atoms with van der Waals surface area (Å²) >= 11 is 6.14. The van der Waals surface area contributed by atoms with Crippen LogP contribution in [0.25, 0.3) is 0 Å². The van der Waals surface area contributed by atoms with Crippen LogP contribution in [0, 0.1) is 0 Å². The van der Waals surface area contributed by atoms with Crippen LogP contribution in [0.3, 0.4) is 0 Å². The SMILES string of the molecule is O=C(NC1CCCC(O)C1)C(Cl)c1ccccc1. The number of aliphatic hydroxyl groups excluding tert-OH is 1. The summed E-state index contributed by atoms with van der Waals surface area (Å²) in [6, 6.07) is 9.35. The van der Waals surface area contributed by atoms with Crippen molar-refractivity contribution in [3.63, 3.8) is 0 Å². The minimum absolute atomic E-state index is 0.0474. The number of halogens is 1. The minimum Gasteiger partial charge on any atom is -0.393 e. The Morgan fingerprint density at radius 1 is 1.33 bits per heavy atom. The fourth-order valence-corrected chi connectivity index (χ4v) is 2.55. The van der Waals surface area contributed by atoms with Crippen molar-refractivity contribution in [2.24, 2.45) is 0 Å². The van der Waals surface area contributed by atoms with Crippen LogP contribution >= 0.6 is 11.6 Å². The molecule has 1 fully saturated rings. The van der Waals surface area contributed by atoms with Gasteiger partial charge >= 0.3 is 0 Å². The van der Waals surface area contributed by atoms with Crippen molar-refractivity contribution in [1.29, 1.82) is 0 Å². The summed E-state index contributed by atoms with van der Waals surface area (Å²) in [4.78, 5) is 12.0. The number of carbonyl (C=O) groups is 1. The highest BCUT2D eigenvalue weighted by molar-refractivity contribution is 6.30. The quantitative estimate of drug-likeness (QED) is 0.826. The van der Waals surface area contributed by atoms with Gasteiger partial charge in [-0.3, -0.25) is 4.79 Å². The number of benzene rings is 1. The van der Waals surface area contributed by atoms with E-state index in [1.54, 1.807) is 0 Å². The third kappa shape index (κ3) is 3.47. The molecule has 4 heteroatoms. The number of hydrogen-bond donors (Lipinski definition) is 2. The topological polar surface area (TPSA) is 49.3 Å². The predicted molar refractivity (Wildman–Crippen MR) is 71.4 cm³/mol. The maximum atomic E-state index is 12.0. The summed E-state index contributed by atoms with van der Waals surface area (Å²) in [6.07, 6.45) is 3.03. The molecule has 2 rings (SSSR count). The van der Waals surface area contributed by atoms with E-state index in [9.17, 15) is 9.90 Å². The van der Waals surface area contributed by atoms with Crippen LogP contribution in [0.2, 0.25) is 0 Å². The summed E-state index contributed by atoms with van der Waals surface area (Å²) in [5, 5.41) is 11.8. The second kappa shape index (κ2) is 6.21. The zero-order valence-electron chi connectivity index (χ0n) is 10.2. The lowest BCUT2D eigenvalue weighted by atomic mass is 9.93. The Morgan fingerprint density at radius 3 is 2.72 bits per heavy atom. The van der Waals surface area contributed by atoms with Crippen LogP contribution in [0.5, 0.6) is 0 Å². The first-order valence-corrected chi connectivity index (χ1v) is 6.78. The zero-order valence-corrected chi connectivity index (χ0v) is 10.9. The molecule has 2 N–H and O–H groups in total. The molecule has 1 aromatic carbocycles. The fourth-order valence-electron chi connectivity index (χ4n) is 2.34.